The number of nitrogens with zero attached hydrogens (tertiary/aromatic N) is 1. The van der Waals surface area contributed by atoms with E-state index in [2.05, 4.69) is 22.0 Å². The van der Waals surface area contributed by atoms with Crippen LogP contribution in [0.2, 0.25) is 0 Å². The van der Waals surface area contributed by atoms with Crippen LogP contribution >= 0.6 is 15.9 Å². The molecule has 98 valence electrons. The predicted octanol–water partition coefficient (Wildman–Crippen LogP) is 4.70. The molecule has 0 amide bonds. The molecule has 0 saturated carbocycles. The minimum Gasteiger partial charge on any atom is -0.283 e. The smallest absolute Gasteiger partial charge is 0.262 e. The van der Waals surface area contributed by atoms with E-state index in [9.17, 15) is 4.79 Å². The fourth-order valence-corrected chi connectivity index (χ4v) is 2.54. The number of carbonyl (C=O) groups excluding carboxylic acids is 1. The average molecular weight is 326 g/mol. The van der Waals surface area contributed by atoms with Crippen molar-refractivity contribution in [2.24, 2.45) is 0 Å². The van der Waals surface area contributed by atoms with Crippen LogP contribution in [0.3, 0.4) is 0 Å². The molecule has 0 N–H and O–H groups in total. The van der Waals surface area contributed by atoms with Gasteiger partial charge in [-0.25, -0.2) is 0 Å². The van der Waals surface area contributed by atoms with Crippen LogP contribution in [0.15, 0.2) is 65.8 Å². The van der Waals surface area contributed by atoms with Crippen molar-refractivity contribution >= 4 is 38.8 Å². The van der Waals surface area contributed by atoms with E-state index in [0.717, 1.165) is 16.5 Å². The third kappa shape index (κ3) is 2.32. The molecule has 0 aliphatic rings. The summed E-state index contributed by atoms with van der Waals surface area (Å²) in [5.74, 6) is -0.00983. The number of aromatic nitrogens is 1. The van der Waals surface area contributed by atoms with E-state index in [0.29, 0.717) is 5.56 Å². The van der Waals surface area contributed by atoms with Crippen LogP contribution < -0.4 is 0 Å². The lowest BCUT2D eigenvalue weighted by molar-refractivity contribution is 0.0965. The van der Waals surface area contributed by atoms with E-state index in [1.807, 2.05) is 65.8 Å². The van der Waals surface area contributed by atoms with Crippen molar-refractivity contribution in [3.05, 3.63) is 76.9 Å². The zero-order valence-corrected chi connectivity index (χ0v) is 12.2. The van der Waals surface area contributed by atoms with Crippen LogP contribution in [0.4, 0.5) is 0 Å². The number of halogens is 1. The topological polar surface area (TPSA) is 22.0 Å². The van der Waals surface area contributed by atoms with Gasteiger partial charge in [0.2, 0.25) is 0 Å². The maximum Gasteiger partial charge on any atom is 0.262 e. The van der Waals surface area contributed by atoms with Gasteiger partial charge in [0.15, 0.2) is 0 Å². The van der Waals surface area contributed by atoms with Crippen LogP contribution in [0.25, 0.3) is 17.0 Å². The van der Waals surface area contributed by atoms with Crippen molar-refractivity contribution in [2.75, 3.05) is 0 Å². The molecule has 2 nitrogen and oxygen atoms in total. The van der Waals surface area contributed by atoms with Gasteiger partial charge in [-0.05, 0) is 47.0 Å². The molecule has 0 bridgehead atoms. The highest BCUT2D eigenvalue weighted by atomic mass is 79.9. The Kier molecular flexibility index (Phi) is 3.52. The van der Waals surface area contributed by atoms with Gasteiger partial charge in [-0.2, -0.15) is 0 Å². The lowest BCUT2D eigenvalue weighted by Gasteiger charge is -2.04. The highest BCUT2D eigenvalue weighted by Crippen LogP contribution is 2.20. The second-order valence-corrected chi connectivity index (χ2v) is 5.00. The highest BCUT2D eigenvalue weighted by Gasteiger charge is 2.10. The number of benzene rings is 2. The Hall–Kier alpha value is -2.13. The quantitative estimate of drug-likeness (QED) is 0.669. The molecule has 3 aromatic rings. The molecule has 0 saturated heterocycles. The molecule has 0 spiro atoms. The van der Waals surface area contributed by atoms with Gasteiger partial charge in [-0.3, -0.25) is 9.36 Å². The molecule has 1 heterocycles. The maximum atomic E-state index is 12.5. The van der Waals surface area contributed by atoms with Crippen LogP contribution in [-0.2, 0) is 0 Å². The molecule has 20 heavy (non-hydrogen) atoms. The van der Waals surface area contributed by atoms with Crippen molar-refractivity contribution in [2.45, 2.75) is 0 Å². The Bertz CT molecular complexity index is 787. The van der Waals surface area contributed by atoms with E-state index in [4.69, 9.17) is 0 Å². The van der Waals surface area contributed by atoms with Crippen molar-refractivity contribution in [3.63, 3.8) is 0 Å². The summed E-state index contributed by atoms with van der Waals surface area (Å²) >= 11 is 3.27. The largest absolute Gasteiger partial charge is 0.283 e. The second kappa shape index (κ2) is 5.47. The van der Waals surface area contributed by atoms with E-state index < -0.39 is 0 Å². The predicted molar refractivity (Wildman–Crippen MR) is 86.1 cm³/mol. The summed E-state index contributed by atoms with van der Waals surface area (Å²) in [4.78, 5) is 14.3. The van der Waals surface area contributed by atoms with Gasteiger partial charge in [0.1, 0.15) is 0 Å². The Labute approximate surface area is 125 Å². The molecular weight excluding hydrogens is 314 g/mol. The second-order valence-electron chi connectivity index (χ2n) is 4.47. The normalized spacial score (nSPS) is 11.2. The van der Waals surface area contributed by atoms with Gasteiger partial charge in [-0.1, -0.05) is 40.2 Å². The minimum absolute atomic E-state index is 0.00983. The molecular formula is C17H12BrNO. The molecule has 0 unspecified atom stereocenters. The van der Waals surface area contributed by atoms with Crippen LogP contribution in [0.1, 0.15) is 15.9 Å². The van der Waals surface area contributed by atoms with Gasteiger partial charge in [-0.15, -0.1) is 0 Å². The summed E-state index contributed by atoms with van der Waals surface area (Å²) < 4.78 is 1.69. The summed E-state index contributed by atoms with van der Waals surface area (Å²) in [5, 5.41) is 1.05. The van der Waals surface area contributed by atoms with Crippen molar-refractivity contribution in [3.8, 4) is 0 Å². The Morgan fingerprint density at radius 2 is 1.85 bits per heavy atom. The SMILES string of the molecule is O=C(c1ccccc1)n1ccc2cc(/C=C\Br)ccc21. The van der Waals surface area contributed by atoms with Crippen LogP contribution in [-0.4, -0.2) is 10.5 Å². The van der Waals surface area contributed by atoms with E-state index in [-0.39, 0.29) is 5.91 Å². The fraction of sp³-hybridized carbons (Fsp3) is 0. The Morgan fingerprint density at radius 3 is 2.60 bits per heavy atom. The summed E-state index contributed by atoms with van der Waals surface area (Å²) in [6.07, 6.45) is 3.79. The Balaban J connectivity index is 2.07. The first-order valence-corrected chi connectivity index (χ1v) is 7.19. The molecule has 3 heteroatoms. The number of fused-ring (bicyclic) bond motifs is 1. The van der Waals surface area contributed by atoms with E-state index >= 15 is 0 Å². The molecule has 0 aliphatic carbocycles. The molecule has 2 aromatic carbocycles. The maximum absolute atomic E-state index is 12.5. The first-order valence-electron chi connectivity index (χ1n) is 6.27. The third-order valence-corrected chi connectivity index (χ3v) is 3.47. The number of hydrogen-bond donors (Lipinski definition) is 0. The zero-order chi connectivity index (χ0) is 13.9. The summed E-state index contributed by atoms with van der Waals surface area (Å²) in [7, 11) is 0. The summed E-state index contributed by atoms with van der Waals surface area (Å²) in [6.45, 7) is 0. The average Bonchev–Trinajstić information content (AvgIpc) is 2.91. The standard InChI is InChI=1S/C17H12BrNO/c18-10-8-13-6-7-16-15(12-13)9-11-19(16)17(20)14-4-2-1-3-5-14/h1-12H/b10-8-. The van der Waals surface area contributed by atoms with E-state index in [1.165, 1.54) is 0 Å². The van der Waals surface area contributed by atoms with Crippen molar-refractivity contribution < 1.29 is 4.79 Å². The van der Waals surface area contributed by atoms with Gasteiger partial charge < -0.3 is 0 Å². The molecule has 0 radical (unpaired) electrons. The van der Waals surface area contributed by atoms with Gasteiger partial charge in [0.25, 0.3) is 5.91 Å². The van der Waals surface area contributed by atoms with Crippen LogP contribution in [0.5, 0.6) is 0 Å². The Morgan fingerprint density at radius 1 is 1.05 bits per heavy atom. The lowest BCUT2D eigenvalue weighted by Crippen LogP contribution is -2.10. The molecule has 3 rings (SSSR count). The zero-order valence-electron chi connectivity index (χ0n) is 10.7. The van der Waals surface area contributed by atoms with E-state index in [1.54, 1.807) is 4.57 Å². The van der Waals surface area contributed by atoms with Crippen molar-refractivity contribution in [1.82, 2.24) is 4.57 Å². The first kappa shape index (κ1) is 12.9. The van der Waals surface area contributed by atoms with Gasteiger partial charge in [0.05, 0.1) is 5.52 Å². The van der Waals surface area contributed by atoms with Gasteiger partial charge >= 0.3 is 0 Å². The summed E-state index contributed by atoms with van der Waals surface area (Å²) in [5.41, 5.74) is 2.71. The molecule has 0 atom stereocenters. The highest BCUT2D eigenvalue weighted by molar-refractivity contribution is 9.11. The van der Waals surface area contributed by atoms with Crippen molar-refractivity contribution in [1.29, 1.82) is 0 Å². The molecule has 1 aromatic heterocycles. The first-order chi connectivity index (χ1) is 9.79. The third-order valence-electron chi connectivity index (χ3n) is 3.21. The number of carbonyl (C=O) groups is 1. The monoisotopic (exact) mass is 325 g/mol. The molecule has 0 fully saturated rings. The lowest BCUT2D eigenvalue weighted by atomic mass is 10.1. The fourth-order valence-electron chi connectivity index (χ4n) is 2.23. The molecule has 0 aliphatic heterocycles. The summed E-state index contributed by atoms with van der Waals surface area (Å²) in [6, 6.07) is 17.3. The number of hydrogen-bond acceptors (Lipinski definition) is 1. The number of rotatable bonds is 2. The van der Waals surface area contributed by atoms with Gasteiger partial charge in [0, 0.05) is 17.1 Å². The minimum atomic E-state index is -0.00983. The van der Waals surface area contributed by atoms with Crippen LogP contribution in [0, 0.1) is 0 Å².